The first kappa shape index (κ1) is 13.5. The molecule has 0 amide bonds. The molecular formula is C12H23BrO2. The first-order valence-electron chi connectivity index (χ1n) is 6.11. The van der Waals surface area contributed by atoms with Crippen LogP contribution < -0.4 is 0 Å². The first-order chi connectivity index (χ1) is 7.24. The fourth-order valence-electron chi connectivity index (χ4n) is 1.86. The second-order valence-corrected chi connectivity index (χ2v) is 5.56. The Morgan fingerprint density at radius 2 is 2.13 bits per heavy atom. The zero-order valence-electron chi connectivity index (χ0n) is 9.88. The van der Waals surface area contributed by atoms with Crippen LogP contribution in [0.15, 0.2) is 0 Å². The molecular weight excluding hydrogens is 256 g/mol. The zero-order valence-corrected chi connectivity index (χ0v) is 11.5. The summed E-state index contributed by atoms with van der Waals surface area (Å²) in [6.45, 7) is 5.94. The Morgan fingerprint density at radius 1 is 1.33 bits per heavy atom. The summed E-state index contributed by atoms with van der Waals surface area (Å²) in [7, 11) is 0. The molecule has 0 spiro atoms. The van der Waals surface area contributed by atoms with Crippen molar-refractivity contribution in [3.8, 4) is 0 Å². The van der Waals surface area contributed by atoms with Gasteiger partial charge in [-0.2, -0.15) is 0 Å². The van der Waals surface area contributed by atoms with Crippen molar-refractivity contribution in [1.82, 2.24) is 0 Å². The Morgan fingerprint density at radius 3 is 2.73 bits per heavy atom. The van der Waals surface area contributed by atoms with Crippen molar-refractivity contribution in [1.29, 1.82) is 0 Å². The van der Waals surface area contributed by atoms with Crippen molar-refractivity contribution >= 4 is 15.9 Å². The second-order valence-electron chi connectivity index (χ2n) is 4.39. The molecule has 1 fully saturated rings. The van der Waals surface area contributed by atoms with E-state index in [0.717, 1.165) is 13.2 Å². The molecule has 1 saturated heterocycles. The average Bonchev–Trinajstić information content (AvgIpc) is 2.59. The maximum atomic E-state index is 5.93. The highest BCUT2D eigenvalue weighted by molar-refractivity contribution is 9.09. The Labute approximate surface area is 102 Å². The third-order valence-corrected chi connectivity index (χ3v) is 3.69. The predicted octanol–water partition coefficient (Wildman–Crippen LogP) is 3.52. The van der Waals surface area contributed by atoms with Crippen LogP contribution in [-0.4, -0.2) is 30.2 Å². The van der Waals surface area contributed by atoms with E-state index in [-0.39, 0.29) is 6.10 Å². The first-order valence-corrected chi connectivity index (χ1v) is 7.03. The highest BCUT2D eigenvalue weighted by Crippen LogP contribution is 2.20. The van der Waals surface area contributed by atoms with Gasteiger partial charge in [0.1, 0.15) is 0 Å². The van der Waals surface area contributed by atoms with E-state index in [1.54, 1.807) is 0 Å². The molecule has 90 valence electrons. The van der Waals surface area contributed by atoms with Gasteiger partial charge >= 0.3 is 0 Å². The molecule has 0 aliphatic carbocycles. The van der Waals surface area contributed by atoms with Gasteiger partial charge in [-0.1, -0.05) is 48.5 Å². The fraction of sp³-hybridized carbons (Fsp3) is 1.00. The number of hydrogen-bond donors (Lipinski definition) is 0. The Kier molecular flexibility index (Phi) is 6.86. The number of ether oxygens (including phenoxy) is 2. The number of rotatable bonds is 7. The molecule has 0 saturated carbocycles. The fourth-order valence-corrected chi connectivity index (χ4v) is 2.32. The Hall–Kier alpha value is 0.400. The largest absolute Gasteiger partial charge is 0.377 e. The van der Waals surface area contributed by atoms with Crippen molar-refractivity contribution in [3.63, 3.8) is 0 Å². The third-order valence-electron chi connectivity index (χ3n) is 2.83. The number of alkyl halides is 1. The van der Waals surface area contributed by atoms with Crippen LogP contribution in [0, 0.1) is 0 Å². The molecule has 0 bridgehead atoms. The van der Waals surface area contributed by atoms with Crippen LogP contribution in [0.4, 0.5) is 0 Å². The van der Waals surface area contributed by atoms with Gasteiger partial charge in [0.05, 0.1) is 30.2 Å². The van der Waals surface area contributed by atoms with Gasteiger partial charge in [-0.15, -0.1) is 0 Å². The van der Waals surface area contributed by atoms with Gasteiger partial charge in [-0.25, -0.2) is 0 Å². The molecule has 1 heterocycles. The van der Waals surface area contributed by atoms with Gasteiger partial charge in [0.25, 0.3) is 0 Å². The lowest BCUT2D eigenvalue weighted by molar-refractivity contribution is -0.00886. The van der Waals surface area contributed by atoms with Crippen molar-refractivity contribution in [2.45, 2.75) is 63.0 Å². The van der Waals surface area contributed by atoms with Crippen LogP contribution in [0.3, 0.4) is 0 Å². The van der Waals surface area contributed by atoms with Crippen molar-refractivity contribution < 1.29 is 9.47 Å². The second kappa shape index (κ2) is 7.64. The molecule has 3 unspecified atom stereocenters. The number of hydrogen-bond acceptors (Lipinski definition) is 2. The average molecular weight is 279 g/mol. The summed E-state index contributed by atoms with van der Waals surface area (Å²) in [6, 6.07) is 0. The third kappa shape index (κ3) is 5.32. The molecule has 1 aliphatic heterocycles. The van der Waals surface area contributed by atoms with E-state index < -0.39 is 0 Å². The minimum Gasteiger partial charge on any atom is -0.377 e. The SMILES string of the molecule is CCCCCCC(C)OC1COCC1Br. The monoisotopic (exact) mass is 278 g/mol. The maximum Gasteiger partial charge on any atom is 0.0959 e. The predicted molar refractivity (Wildman–Crippen MR) is 66.6 cm³/mol. The van der Waals surface area contributed by atoms with Crippen molar-refractivity contribution in [2.24, 2.45) is 0 Å². The van der Waals surface area contributed by atoms with Crippen LogP contribution in [0.1, 0.15) is 46.0 Å². The summed E-state index contributed by atoms with van der Waals surface area (Å²) >= 11 is 3.58. The summed E-state index contributed by atoms with van der Waals surface area (Å²) in [4.78, 5) is 0.385. The van der Waals surface area contributed by atoms with Gasteiger partial charge in [-0.05, 0) is 13.3 Å². The topological polar surface area (TPSA) is 18.5 Å². The summed E-state index contributed by atoms with van der Waals surface area (Å²) in [5, 5.41) is 0. The van der Waals surface area contributed by atoms with Crippen LogP contribution in [0.2, 0.25) is 0 Å². The molecule has 1 rings (SSSR count). The molecule has 3 heteroatoms. The molecule has 0 aromatic rings. The normalized spacial score (nSPS) is 28.2. The van der Waals surface area contributed by atoms with E-state index in [0.29, 0.717) is 10.9 Å². The highest BCUT2D eigenvalue weighted by Gasteiger charge is 2.27. The number of halogens is 1. The van der Waals surface area contributed by atoms with Crippen LogP contribution in [0.25, 0.3) is 0 Å². The van der Waals surface area contributed by atoms with Gasteiger partial charge in [0, 0.05) is 0 Å². The van der Waals surface area contributed by atoms with Crippen LogP contribution in [0.5, 0.6) is 0 Å². The Balaban J connectivity index is 2.04. The molecule has 0 N–H and O–H groups in total. The van der Waals surface area contributed by atoms with E-state index in [2.05, 4.69) is 29.8 Å². The van der Waals surface area contributed by atoms with E-state index in [4.69, 9.17) is 9.47 Å². The highest BCUT2D eigenvalue weighted by atomic mass is 79.9. The lowest BCUT2D eigenvalue weighted by atomic mass is 10.1. The summed E-state index contributed by atoms with van der Waals surface area (Å²) in [6.07, 6.45) is 7.07. The van der Waals surface area contributed by atoms with Crippen LogP contribution in [-0.2, 0) is 9.47 Å². The van der Waals surface area contributed by atoms with E-state index >= 15 is 0 Å². The summed E-state index contributed by atoms with van der Waals surface area (Å²) in [5.74, 6) is 0. The summed E-state index contributed by atoms with van der Waals surface area (Å²) < 4.78 is 11.3. The van der Waals surface area contributed by atoms with E-state index in [1.807, 2.05) is 0 Å². The zero-order chi connectivity index (χ0) is 11.1. The van der Waals surface area contributed by atoms with Gasteiger partial charge in [0.2, 0.25) is 0 Å². The van der Waals surface area contributed by atoms with Crippen molar-refractivity contribution in [2.75, 3.05) is 13.2 Å². The van der Waals surface area contributed by atoms with Crippen molar-refractivity contribution in [3.05, 3.63) is 0 Å². The van der Waals surface area contributed by atoms with Gasteiger partial charge in [0.15, 0.2) is 0 Å². The Bertz CT molecular complexity index is 164. The molecule has 2 nitrogen and oxygen atoms in total. The smallest absolute Gasteiger partial charge is 0.0959 e. The standard InChI is InChI=1S/C12H23BrO2/c1-3-4-5-6-7-10(2)15-12-9-14-8-11(12)13/h10-12H,3-9H2,1-2H3. The van der Waals surface area contributed by atoms with Crippen LogP contribution >= 0.6 is 15.9 Å². The molecule has 3 atom stereocenters. The maximum absolute atomic E-state index is 5.93. The number of unbranched alkanes of at least 4 members (excludes halogenated alkanes) is 3. The molecule has 1 aliphatic rings. The minimum atomic E-state index is 0.256. The molecule has 0 radical (unpaired) electrons. The quantitative estimate of drug-likeness (QED) is 0.524. The van der Waals surface area contributed by atoms with E-state index in [9.17, 15) is 0 Å². The van der Waals surface area contributed by atoms with E-state index in [1.165, 1.54) is 32.1 Å². The molecule has 0 aromatic carbocycles. The lowest BCUT2D eigenvalue weighted by Gasteiger charge is -2.19. The minimum absolute atomic E-state index is 0.256. The lowest BCUT2D eigenvalue weighted by Crippen LogP contribution is -2.26. The van der Waals surface area contributed by atoms with Gasteiger partial charge < -0.3 is 9.47 Å². The molecule has 0 aromatic heterocycles. The summed E-state index contributed by atoms with van der Waals surface area (Å²) in [5.41, 5.74) is 0. The molecule has 15 heavy (non-hydrogen) atoms. The van der Waals surface area contributed by atoms with Gasteiger partial charge in [-0.3, -0.25) is 0 Å².